The zero-order valence-electron chi connectivity index (χ0n) is 13.0. The molecule has 0 amide bonds. The van der Waals surface area contributed by atoms with E-state index in [1.807, 2.05) is 0 Å². The van der Waals surface area contributed by atoms with Crippen LogP contribution in [0.4, 0.5) is 0 Å². The summed E-state index contributed by atoms with van der Waals surface area (Å²) in [6, 6.07) is 19.6. The molecule has 2 heteroatoms. The molecule has 0 bridgehead atoms. The van der Waals surface area contributed by atoms with Gasteiger partial charge in [-0.25, -0.2) is 0 Å². The number of rotatable bonds is 3. The summed E-state index contributed by atoms with van der Waals surface area (Å²) in [6.07, 6.45) is 3.73. The fraction of sp³-hybridized carbons (Fsp3) is 0.400. The van der Waals surface area contributed by atoms with E-state index in [2.05, 4.69) is 59.5 Å². The van der Waals surface area contributed by atoms with E-state index in [1.165, 1.54) is 37.1 Å². The van der Waals surface area contributed by atoms with Crippen LogP contribution in [0.25, 0.3) is 0 Å². The van der Waals surface area contributed by atoms with Crippen LogP contribution in [0.1, 0.15) is 30.4 Å². The van der Waals surface area contributed by atoms with Crippen LogP contribution in [-0.4, -0.2) is 31.1 Å². The number of para-hydroxylation sites is 1. The van der Waals surface area contributed by atoms with Crippen LogP contribution in [0.15, 0.2) is 54.6 Å². The molecule has 1 saturated heterocycles. The standard InChI is InChI=1S/C20H23NO/c1-2-8-17(9-3-1)20(16-21-13-6-7-14-21)12-15-22-19-11-5-4-10-18(19)20/h1-5,8-11H,6-7,12-16H2. The monoisotopic (exact) mass is 293 g/mol. The van der Waals surface area contributed by atoms with Crippen molar-refractivity contribution in [1.82, 2.24) is 4.90 Å². The average Bonchev–Trinajstić information content (AvgIpc) is 3.09. The van der Waals surface area contributed by atoms with E-state index in [0.29, 0.717) is 0 Å². The fourth-order valence-corrected chi connectivity index (χ4v) is 4.09. The Morgan fingerprint density at radius 2 is 1.64 bits per heavy atom. The molecule has 1 fully saturated rings. The van der Waals surface area contributed by atoms with Gasteiger partial charge in [0.2, 0.25) is 0 Å². The Morgan fingerprint density at radius 1 is 0.909 bits per heavy atom. The minimum atomic E-state index is 0.0699. The molecular formula is C20H23NO. The van der Waals surface area contributed by atoms with Crippen LogP contribution < -0.4 is 4.74 Å². The number of fused-ring (bicyclic) bond motifs is 1. The predicted octanol–water partition coefficient (Wildman–Crippen LogP) is 3.85. The molecule has 0 aliphatic carbocycles. The van der Waals surface area contributed by atoms with Crippen molar-refractivity contribution in [2.45, 2.75) is 24.7 Å². The summed E-state index contributed by atoms with van der Waals surface area (Å²) in [5.74, 6) is 1.07. The highest BCUT2D eigenvalue weighted by atomic mass is 16.5. The maximum Gasteiger partial charge on any atom is 0.123 e. The molecule has 4 rings (SSSR count). The summed E-state index contributed by atoms with van der Waals surface area (Å²) >= 11 is 0. The number of likely N-dealkylation sites (tertiary alicyclic amines) is 1. The zero-order chi connectivity index (χ0) is 14.8. The third-order valence-electron chi connectivity index (χ3n) is 5.21. The lowest BCUT2D eigenvalue weighted by atomic mass is 9.70. The van der Waals surface area contributed by atoms with Gasteiger partial charge < -0.3 is 9.64 Å². The first-order chi connectivity index (χ1) is 10.9. The number of benzene rings is 2. The lowest BCUT2D eigenvalue weighted by Gasteiger charge is -2.42. The van der Waals surface area contributed by atoms with Gasteiger partial charge in [0, 0.05) is 17.5 Å². The van der Waals surface area contributed by atoms with Crippen LogP contribution in [0.5, 0.6) is 5.75 Å². The van der Waals surface area contributed by atoms with Crippen molar-refractivity contribution >= 4 is 0 Å². The second-order valence-corrected chi connectivity index (χ2v) is 6.53. The Hall–Kier alpha value is -1.80. The second kappa shape index (κ2) is 5.77. The van der Waals surface area contributed by atoms with Gasteiger partial charge in [0.05, 0.1) is 6.61 Å². The molecule has 0 radical (unpaired) electrons. The maximum absolute atomic E-state index is 5.95. The molecule has 2 aromatic rings. The summed E-state index contributed by atoms with van der Waals surface area (Å²) in [4.78, 5) is 2.63. The van der Waals surface area contributed by atoms with Crippen LogP contribution in [0.2, 0.25) is 0 Å². The van der Waals surface area contributed by atoms with Crippen molar-refractivity contribution in [2.75, 3.05) is 26.2 Å². The van der Waals surface area contributed by atoms with Gasteiger partial charge in [-0.1, -0.05) is 48.5 Å². The summed E-state index contributed by atoms with van der Waals surface area (Å²) in [5, 5.41) is 0. The molecule has 0 saturated carbocycles. The lowest BCUT2D eigenvalue weighted by Crippen LogP contribution is -2.44. The number of hydrogen-bond donors (Lipinski definition) is 0. The first-order valence-corrected chi connectivity index (χ1v) is 8.39. The fourth-order valence-electron chi connectivity index (χ4n) is 4.09. The summed E-state index contributed by atoms with van der Waals surface area (Å²) in [5.41, 5.74) is 2.86. The van der Waals surface area contributed by atoms with Crippen LogP contribution >= 0.6 is 0 Å². The molecule has 0 aromatic heterocycles. The Bertz CT molecular complexity index is 633. The molecule has 2 heterocycles. The Labute approximate surface area is 132 Å². The SMILES string of the molecule is c1ccc(C2(CN3CCCC3)CCOc3ccccc32)cc1. The molecule has 2 nitrogen and oxygen atoms in total. The van der Waals surface area contributed by atoms with Gasteiger partial charge in [0.25, 0.3) is 0 Å². The van der Waals surface area contributed by atoms with E-state index in [1.54, 1.807) is 0 Å². The van der Waals surface area contributed by atoms with Crippen molar-refractivity contribution < 1.29 is 4.74 Å². The Morgan fingerprint density at radius 3 is 2.45 bits per heavy atom. The van der Waals surface area contributed by atoms with E-state index in [9.17, 15) is 0 Å². The van der Waals surface area contributed by atoms with E-state index in [-0.39, 0.29) is 5.41 Å². The third-order valence-corrected chi connectivity index (χ3v) is 5.21. The van der Waals surface area contributed by atoms with E-state index in [4.69, 9.17) is 4.74 Å². The van der Waals surface area contributed by atoms with Gasteiger partial charge in [0.15, 0.2) is 0 Å². The molecular weight excluding hydrogens is 270 g/mol. The van der Waals surface area contributed by atoms with Crippen molar-refractivity contribution in [1.29, 1.82) is 0 Å². The quantitative estimate of drug-likeness (QED) is 0.852. The second-order valence-electron chi connectivity index (χ2n) is 6.53. The van der Waals surface area contributed by atoms with E-state index in [0.717, 1.165) is 25.3 Å². The third kappa shape index (κ3) is 2.32. The first kappa shape index (κ1) is 13.8. The predicted molar refractivity (Wildman–Crippen MR) is 89.5 cm³/mol. The minimum Gasteiger partial charge on any atom is -0.493 e. The molecule has 114 valence electrons. The van der Waals surface area contributed by atoms with Crippen LogP contribution in [0.3, 0.4) is 0 Å². The van der Waals surface area contributed by atoms with Crippen molar-refractivity contribution in [2.24, 2.45) is 0 Å². The van der Waals surface area contributed by atoms with Gasteiger partial charge in [-0.3, -0.25) is 0 Å². The Kier molecular flexibility index (Phi) is 3.63. The highest BCUT2D eigenvalue weighted by Gasteiger charge is 2.40. The van der Waals surface area contributed by atoms with Crippen molar-refractivity contribution in [3.05, 3.63) is 65.7 Å². The van der Waals surface area contributed by atoms with Gasteiger partial charge >= 0.3 is 0 Å². The summed E-state index contributed by atoms with van der Waals surface area (Å²) in [7, 11) is 0. The molecule has 2 aliphatic rings. The highest BCUT2D eigenvalue weighted by Crippen LogP contribution is 2.44. The van der Waals surface area contributed by atoms with Crippen molar-refractivity contribution in [3.63, 3.8) is 0 Å². The van der Waals surface area contributed by atoms with Gasteiger partial charge in [-0.15, -0.1) is 0 Å². The average molecular weight is 293 g/mol. The first-order valence-electron chi connectivity index (χ1n) is 8.39. The van der Waals surface area contributed by atoms with Crippen molar-refractivity contribution in [3.8, 4) is 5.75 Å². The zero-order valence-corrected chi connectivity index (χ0v) is 13.0. The number of nitrogens with zero attached hydrogens (tertiary/aromatic N) is 1. The normalized spacial score (nSPS) is 24.7. The molecule has 1 atom stereocenters. The molecule has 0 spiro atoms. The van der Waals surface area contributed by atoms with Gasteiger partial charge in [-0.2, -0.15) is 0 Å². The largest absolute Gasteiger partial charge is 0.493 e. The lowest BCUT2D eigenvalue weighted by molar-refractivity contribution is 0.190. The van der Waals surface area contributed by atoms with Crippen LogP contribution in [-0.2, 0) is 5.41 Å². The van der Waals surface area contributed by atoms with Gasteiger partial charge in [0.1, 0.15) is 5.75 Å². The Balaban J connectivity index is 1.82. The molecule has 2 aromatic carbocycles. The molecule has 2 aliphatic heterocycles. The topological polar surface area (TPSA) is 12.5 Å². The molecule has 1 unspecified atom stereocenters. The maximum atomic E-state index is 5.95. The van der Waals surface area contributed by atoms with Gasteiger partial charge in [-0.05, 0) is 44.0 Å². The number of hydrogen-bond acceptors (Lipinski definition) is 2. The summed E-state index contributed by atoms with van der Waals surface area (Å²) in [6.45, 7) is 4.38. The van der Waals surface area contributed by atoms with E-state index < -0.39 is 0 Å². The summed E-state index contributed by atoms with van der Waals surface area (Å²) < 4.78 is 5.95. The molecule has 22 heavy (non-hydrogen) atoms. The minimum absolute atomic E-state index is 0.0699. The van der Waals surface area contributed by atoms with E-state index >= 15 is 0 Å². The molecule has 0 N–H and O–H groups in total. The van der Waals surface area contributed by atoms with Crippen LogP contribution in [0, 0.1) is 0 Å². The number of ether oxygens (including phenoxy) is 1. The highest BCUT2D eigenvalue weighted by molar-refractivity contribution is 5.49. The smallest absolute Gasteiger partial charge is 0.123 e.